The molecule has 0 aromatic heterocycles. The van der Waals surface area contributed by atoms with Crippen LogP contribution >= 0.6 is 0 Å². The third-order valence-corrected chi connectivity index (χ3v) is 7.05. The Morgan fingerprint density at radius 1 is 0.923 bits per heavy atom. The summed E-state index contributed by atoms with van der Waals surface area (Å²) in [5.41, 5.74) is 2.23. The van der Waals surface area contributed by atoms with Crippen molar-refractivity contribution in [1.82, 2.24) is 0 Å². The van der Waals surface area contributed by atoms with Gasteiger partial charge >= 0.3 is 0 Å². The molecule has 0 radical (unpaired) electrons. The predicted octanol–water partition coefficient (Wildman–Crippen LogP) is 3.88. The van der Waals surface area contributed by atoms with E-state index in [0.29, 0.717) is 17.3 Å². The van der Waals surface area contributed by atoms with Crippen LogP contribution in [0.15, 0.2) is 53.4 Å². The molecule has 2 aliphatic rings. The lowest BCUT2D eigenvalue weighted by Gasteiger charge is -2.30. The van der Waals surface area contributed by atoms with Crippen LogP contribution in [0.5, 0.6) is 0 Å². The Kier molecular flexibility index (Phi) is 4.44. The van der Waals surface area contributed by atoms with Gasteiger partial charge in [-0.05, 0) is 48.6 Å². The zero-order valence-corrected chi connectivity index (χ0v) is 15.3. The lowest BCUT2D eigenvalue weighted by atomic mass is 9.84. The zero-order valence-electron chi connectivity index (χ0n) is 14.5. The van der Waals surface area contributed by atoms with Crippen molar-refractivity contribution in [1.29, 1.82) is 0 Å². The number of fused-ring (bicyclic) bond motifs is 1. The van der Waals surface area contributed by atoms with Gasteiger partial charge in [-0.3, -0.25) is 9.10 Å². The molecule has 5 nitrogen and oxygen atoms in total. The third kappa shape index (κ3) is 3.09. The van der Waals surface area contributed by atoms with Crippen molar-refractivity contribution < 1.29 is 13.2 Å². The van der Waals surface area contributed by atoms with Gasteiger partial charge in [0.1, 0.15) is 6.54 Å². The number of sulfonamides is 1. The number of carbonyl (C=O) groups excluding carboxylic acids is 1. The van der Waals surface area contributed by atoms with Gasteiger partial charge in [0, 0.05) is 0 Å². The van der Waals surface area contributed by atoms with E-state index in [2.05, 4.69) is 5.32 Å². The molecule has 26 heavy (non-hydrogen) atoms. The number of carbonyl (C=O) groups is 1. The first-order chi connectivity index (χ1) is 12.6. The number of nitrogens with one attached hydrogen (secondary N) is 1. The molecule has 1 aliphatic carbocycles. The lowest BCUT2D eigenvalue weighted by molar-refractivity contribution is -0.115. The van der Waals surface area contributed by atoms with Gasteiger partial charge in [0.05, 0.1) is 16.3 Å². The van der Waals surface area contributed by atoms with Crippen LogP contribution in [0.4, 0.5) is 11.4 Å². The highest BCUT2D eigenvalue weighted by atomic mass is 32.2. The summed E-state index contributed by atoms with van der Waals surface area (Å²) in [6, 6.07) is 14.2. The average molecular weight is 370 g/mol. The lowest BCUT2D eigenvalue weighted by Crippen LogP contribution is -2.42. The van der Waals surface area contributed by atoms with Crippen LogP contribution in [0, 0.1) is 0 Å². The smallest absolute Gasteiger partial charge is 0.264 e. The third-order valence-electron chi connectivity index (χ3n) is 5.28. The first-order valence-corrected chi connectivity index (χ1v) is 10.5. The van der Waals surface area contributed by atoms with Gasteiger partial charge in [-0.15, -0.1) is 0 Å². The molecule has 0 atom stereocenters. The fourth-order valence-corrected chi connectivity index (χ4v) is 5.33. The molecular weight excluding hydrogens is 348 g/mol. The summed E-state index contributed by atoms with van der Waals surface area (Å²) in [4.78, 5) is 12.2. The number of anilines is 2. The van der Waals surface area contributed by atoms with Crippen LogP contribution in [0.25, 0.3) is 0 Å². The average Bonchev–Trinajstić information content (AvgIpc) is 2.68. The molecule has 1 aliphatic heterocycles. The van der Waals surface area contributed by atoms with Crippen LogP contribution in [0.1, 0.15) is 43.6 Å². The van der Waals surface area contributed by atoms with E-state index >= 15 is 0 Å². The standard InChI is InChI=1S/C20H22N2O3S/c23-20-14-22(19-9-5-4-8-18(19)21-20)26(24,25)17-12-10-16(11-13-17)15-6-2-1-3-7-15/h4-5,8-13,15H,1-3,6-7,14H2,(H,21,23). The minimum Gasteiger partial charge on any atom is -0.323 e. The first kappa shape index (κ1) is 17.1. The second kappa shape index (κ2) is 6.76. The van der Waals surface area contributed by atoms with Crippen molar-refractivity contribution in [3.8, 4) is 0 Å². The van der Waals surface area contributed by atoms with Crippen molar-refractivity contribution in [3.63, 3.8) is 0 Å². The topological polar surface area (TPSA) is 66.5 Å². The maximum absolute atomic E-state index is 13.1. The molecule has 6 heteroatoms. The molecule has 0 bridgehead atoms. The maximum Gasteiger partial charge on any atom is 0.264 e. The Balaban J connectivity index is 1.65. The van der Waals surface area contributed by atoms with E-state index in [0.717, 1.165) is 0 Å². The van der Waals surface area contributed by atoms with Crippen LogP contribution in [0.2, 0.25) is 0 Å². The zero-order chi connectivity index (χ0) is 18.1. The maximum atomic E-state index is 13.1. The van der Waals surface area contributed by atoms with Crippen molar-refractivity contribution >= 4 is 27.3 Å². The number of hydrogen-bond donors (Lipinski definition) is 1. The van der Waals surface area contributed by atoms with Crippen LogP contribution in [-0.4, -0.2) is 20.9 Å². The van der Waals surface area contributed by atoms with Gasteiger partial charge in [0.2, 0.25) is 5.91 Å². The van der Waals surface area contributed by atoms with Gasteiger partial charge in [0.25, 0.3) is 10.0 Å². The van der Waals surface area contributed by atoms with E-state index in [9.17, 15) is 13.2 Å². The summed E-state index contributed by atoms with van der Waals surface area (Å²) in [6.45, 7) is -0.205. The predicted molar refractivity (Wildman–Crippen MR) is 102 cm³/mol. The highest BCUT2D eigenvalue weighted by Gasteiger charge is 2.32. The summed E-state index contributed by atoms with van der Waals surface area (Å²) in [6.07, 6.45) is 6.12. The molecule has 1 N–H and O–H groups in total. The Morgan fingerprint density at radius 3 is 2.35 bits per heavy atom. The SMILES string of the molecule is O=C1CN(S(=O)(=O)c2ccc(C3CCCCC3)cc2)c2ccccc2N1. The Morgan fingerprint density at radius 2 is 1.62 bits per heavy atom. The first-order valence-electron chi connectivity index (χ1n) is 9.07. The van der Waals surface area contributed by atoms with Crippen molar-refractivity contribution in [3.05, 3.63) is 54.1 Å². The minimum atomic E-state index is -3.78. The van der Waals surface area contributed by atoms with Gasteiger partial charge in [-0.2, -0.15) is 0 Å². The fourth-order valence-electron chi connectivity index (χ4n) is 3.89. The van der Waals surface area contributed by atoms with Gasteiger partial charge in [-0.1, -0.05) is 43.5 Å². The van der Waals surface area contributed by atoms with E-state index < -0.39 is 10.0 Å². The molecule has 2 aromatic carbocycles. The quantitative estimate of drug-likeness (QED) is 0.891. The number of benzene rings is 2. The number of hydrogen-bond acceptors (Lipinski definition) is 3. The van der Waals surface area contributed by atoms with E-state index in [1.54, 1.807) is 36.4 Å². The van der Waals surface area contributed by atoms with Crippen LogP contribution in [-0.2, 0) is 14.8 Å². The summed E-state index contributed by atoms with van der Waals surface area (Å²) < 4.78 is 27.4. The van der Waals surface area contributed by atoms with Gasteiger partial charge in [0.15, 0.2) is 0 Å². The van der Waals surface area contributed by atoms with Crippen molar-refractivity contribution in [2.45, 2.75) is 42.9 Å². The van der Waals surface area contributed by atoms with Gasteiger partial charge < -0.3 is 5.32 Å². The minimum absolute atomic E-state index is 0.205. The fraction of sp³-hybridized carbons (Fsp3) is 0.350. The second-order valence-electron chi connectivity index (χ2n) is 6.98. The number of para-hydroxylation sites is 2. The molecule has 1 heterocycles. The Labute approximate surface area is 154 Å². The number of nitrogens with zero attached hydrogens (tertiary/aromatic N) is 1. The molecule has 1 fully saturated rings. The Hall–Kier alpha value is -2.34. The largest absolute Gasteiger partial charge is 0.323 e. The molecule has 4 rings (SSSR count). The van der Waals surface area contributed by atoms with Crippen LogP contribution in [0.3, 0.4) is 0 Å². The monoisotopic (exact) mass is 370 g/mol. The summed E-state index contributed by atoms with van der Waals surface area (Å²) >= 11 is 0. The van der Waals surface area contributed by atoms with Crippen LogP contribution < -0.4 is 9.62 Å². The highest BCUT2D eigenvalue weighted by molar-refractivity contribution is 7.92. The molecule has 0 unspecified atom stereocenters. The van der Waals surface area contributed by atoms with E-state index in [4.69, 9.17) is 0 Å². The molecule has 0 saturated heterocycles. The number of amides is 1. The number of rotatable bonds is 3. The normalized spacial score (nSPS) is 18.3. The molecular formula is C20H22N2O3S. The summed E-state index contributed by atoms with van der Waals surface area (Å²) in [5, 5.41) is 2.72. The van der Waals surface area contributed by atoms with E-state index in [-0.39, 0.29) is 17.3 Å². The second-order valence-corrected chi connectivity index (χ2v) is 8.84. The van der Waals surface area contributed by atoms with Crippen molar-refractivity contribution in [2.75, 3.05) is 16.2 Å². The van der Waals surface area contributed by atoms with E-state index in [1.165, 1.54) is 42.0 Å². The summed E-state index contributed by atoms with van der Waals surface area (Å²) in [7, 11) is -3.78. The highest BCUT2D eigenvalue weighted by Crippen LogP contribution is 2.35. The molecule has 136 valence electrons. The molecule has 1 saturated carbocycles. The molecule has 1 amide bonds. The Bertz CT molecular complexity index is 916. The van der Waals surface area contributed by atoms with Gasteiger partial charge in [-0.25, -0.2) is 8.42 Å². The van der Waals surface area contributed by atoms with E-state index in [1.807, 2.05) is 12.1 Å². The molecule has 2 aromatic rings. The summed E-state index contributed by atoms with van der Waals surface area (Å²) in [5.74, 6) is 0.202. The van der Waals surface area contributed by atoms with Crippen molar-refractivity contribution in [2.24, 2.45) is 0 Å². The molecule has 0 spiro atoms.